The molecule has 104 valence electrons. The molecule has 0 spiro atoms. The van der Waals surface area contributed by atoms with Crippen LogP contribution in [0, 0.1) is 0 Å². The zero-order valence-electron chi connectivity index (χ0n) is 11.9. The molecule has 3 heteroatoms. The SMILES string of the molecule is CN1CCC(N2CCc3cccc(CN)c3C2)CC1. The molecule has 3 rings (SSSR count). The molecule has 3 nitrogen and oxygen atoms in total. The van der Waals surface area contributed by atoms with E-state index in [2.05, 4.69) is 35.0 Å². The summed E-state index contributed by atoms with van der Waals surface area (Å²) in [5, 5.41) is 0. The van der Waals surface area contributed by atoms with E-state index in [9.17, 15) is 0 Å². The highest BCUT2D eigenvalue weighted by Crippen LogP contribution is 2.26. The summed E-state index contributed by atoms with van der Waals surface area (Å²) in [6.07, 6.45) is 3.82. The van der Waals surface area contributed by atoms with Crippen molar-refractivity contribution in [3.05, 3.63) is 34.9 Å². The first kappa shape index (κ1) is 13.1. The number of hydrogen-bond donors (Lipinski definition) is 1. The maximum Gasteiger partial charge on any atom is 0.0242 e. The highest BCUT2D eigenvalue weighted by atomic mass is 15.2. The van der Waals surface area contributed by atoms with Gasteiger partial charge in [0.15, 0.2) is 0 Å². The third-order valence-electron chi connectivity index (χ3n) is 4.82. The van der Waals surface area contributed by atoms with Gasteiger partial charge in [-0.3, -0.25) is 4.90 Å². The lowest BCUT2D eigenvalue weighted by molar-refractivity contribution is 0.109. The van der Waals surface area contributed by atoms with E-state index in [1.165, 1.54) is 55.6 Å². The zero-order chi connectivity index (χ0) is 13.2. The van der Waals surface area contributed by atoms with Crippen molar-refractivity contribution in [2.24, 2.45) is 5.73 Å². The van der Waals surface area contributed by atoms with Gasteiger partial charge in [-0.1, -0.05) is 18.2 Å². The van der Waals surface area contributed by atoms with Crippen molar-refractivity contribution >= 4 is 0 Å². The van der Waals surface area contributed by atoms with Gasteiger partial charge >= 0.3 is 0 Å². The predicted octanol–water partition coefficient (Wildman–Crippen LogP) is 1.60. The van der Waals surface area contributed by atoms with Crippen LogP contribution in [0.25, 0.3) is 0 Å². The zero-order valence-corrected chi connectivity index (χ0v) is 11.9. The van der Waals surface area contributed by atoms with Crippen LogP contribution in [0.5, 0.6) is 0 Å². The van der Waals surface area contributed by atoms with Crippen molar-refractivity contribution in [2.75, 3.05) is 26.7 Å². The summed E-state index contributed by atoms with van der Waals surface area (Å²) < 4.78 is 0. The van der Waals surface area contributed by atoms with Crippen molar-refractivity contribution in [1.29, 1.82) is 0 Å². The maximum absolute atomic E-state index is 5.89. The summed E-state index contributed by atoms with van der Waals surface area (Å²) in [5.41, 5.74) is 10.3. The lowest BCUT2D eigenvalue weighted by atomic mass is 9.92. The first-order valence-electron chi connectivity index (χ1n) is 7.50. The molecule has 0 amide bonds. The van der Waals surface area contributed by atoms with Crippen LogP contribution in [0.15, 0.2) is 18.2 Å². The van der Waals surface area contributed by atoms with Gasteiger partial charge in [-0.15, -0.1) is 0 Å². The Labute approximate surface area is 116 Å². The molecule has 2 aliphatic rings. The Morgan fingerprint density at radius 2 is 2.00 bits per heavy atom. The smallest absolute Gasteiger partial charge is 0.0242 e. The molecule has 0 radical (unpaired) electrons. The van der Waals surface area contributed by atoms with Crippen molar-refractivity contribution in [3.8, 4) is 0 Å². The van der Waals surface area contributed by atoms with Gasteiger partial charge in [-0.2, -0.15) is 0 Å². The fourth-order valence-corrected chi connectivity index (χ4v) is 3.53. The van der Waals surface area contributed by atoms with E-state index in [0.717, 1.165) is 12.6 Å². The van der Waals surface area contributed by atoms with Crippen LogP contribution in [-0.4, -0.2) is 42.5 Å². The van der Waals surface area contributed by atoms with Gasteiger partial charge in [0.25, 0.3) is 0 Å². The normalized spacial score (nSPS) is 22.4. The van der Waals surface area contributed by atoms with E-state index >= 15 is 0 Å². The molecule has 1 aromatic carbocycles. The molecule has 2 aliphatic heterocycles. The minimum Gasteiger partial charge on any atom is -0.326 e. The molecular formula is C16H25N3. The van der Waals surface area contributed by atoms with Gasteiger partial charge in [0.2, 0.25) is 0 Å². The lowest BCUT2D eigenvalue weighted by Crippen LogP contribution is -2.45. The molecule has 0 aromatic heterocycles. The van der Waals surface area contributed by atoms with E-state index in [4.69, 9.17) is 5.73 Å². The van der Waals surface area contributed by atoms with Crippen LogP contribution < -0.4 is 5.73 Å². The molecule has 0 bridgehead atoms. The van der Waals surface area contributed by atoms with Gasteiger partial charge in [0, 0.05) is 25.7 Å². The summed E-state index contributed by atoms with van der Waals surface area (Å²) in [6.45, 7) is 5.48. The van der Waals surface area contributed by atoms with Crippen molar-refractivity contribution in [2.45, 2.75) is 38.4 Å². The molecule has 1 fully saturated rings. The van der Waals surface area contributed by atoms with Crippen LogP contribution in [0.3, 0.4) is 0 Å². The number of nitrogens with zero attached hydrogens (tertiary/aromatic N) is 2. The van der Waals surface area contributed by atoms with Crippen LogP contribution in [0.1, 0.15) is 29.5 Å². The van der Waals surface area contributed by atoms with Gasteiger partial charge in [0.1, 0.15) is 0 Å². The number of benzene rings is 1. The summed E-state index contributed by atoms with van der Waals surface area (Å²) in [7, 11) is 2.23. The molecule has 19 heavy (non-hydrogen) atoms. The standard InChI is InChI=1S/C16H25N3/c1-18-8-6-15(7-9-18)19-10-5-13-3-2-4-14(11-17)16(13)12-19/h2-4,15H,5-12,17H2,1H3. The third kappa shape index (κ3) is 2.69. The average molecular weight is 259 g/mol. The van der Waals surface area contributed by atoms with Crippen molar-refractivity contribution in [1.82, 2.24) is 9.80 Å². The van der Waals surface area contributed by atoms with E-state index in [0.29, 0.717) is 6.54 Å². The number of nitrogens with two attached hydrogens (primary N) is 1. The summed E-state index contributed by atoms with van der Waals surface area (Å²) in [6, 6.07) is 7.40. The minimum atomic E-state index is 0.671. The number of hydrogen-bond acceptors (Lipinski definition) is 3. The Morgan fingerprint density at radius 1 is 1.21 bits per heavy atom. The van der Waals surface area contributed by atoms with Crippen LogP contribution >= 0.6 is 0 Å². The number of likely N-dealkylation sites (tertiary alicyclic amines) is 1. The van der Waals surface area contributed by atoms with E-state index in [1.54, 1.807) is 0 Å². The molecule has 2 N–H and O–H groups in total. The predicted molar refractivity (Wildman–Crippen MR) is 79.0 cm³/mol. The first-order chi connectivity index (χ1) is 9.28. The highest BCUT2D eigenvalue weighted by Gasteiger charge is 2.26. The summed E-state index contributed by atoms with van der Waals surface area (Å²) in [5.74, 6) is 0. The molecule has 2 heterocycles. The molecule has 0 saturated carbocycles. The summed E-state index contributed by atoms with van der Waals surface area (Å²) >= 11 is 0. The minimum absolute atomic E-state index is 0.671. The first-order valence-corrected chi connectivity index (χ1v) is 7.50. The second-order valence-electron chi connectivity index (χ2n) is 6.01. The fraction of sp³-hybridized carbons (Fsp3) is 0.625. The molecule has 0 atom stereocenters. The van der Waals surface area contributed by atoms with E-state index in [-0.39, 0.29) is 0 Å². The van der Waals surface area contributed by atoms with Gasteiger partial charge in [0.05, 0.1) is 0 Å². The number of fused-ring (bicyclic) bond motifs is 1. The Balaban J connectivity index is 1.74. The number of piperidine rings is 1. The average Bonchev–Trinajstić information content (AvgIpc) is 2.47. The molecule has 0 aliphatic carbocycles. The number of rotatable bonds is 2. The highest BCUT2D eigenvalue weighted by molar-refractivity contribution is 5.37. The van der Waals surface area contributed by atoms with E-state index in [1.807, 2.05) is 0 Å². The van der Waals surface area contributed by atoms with Gasteiger partial charge < -0.3 is 10.6 Å². The van der Waals surface area contributed by atoms with E-state index < -0.39 is 0 Å². The lowest BCUT2D eigenvalue weighted by Gasteiger charge is -2.40. The Morgan fingerprint density at radius 3 is 2.74 bits per heavy atom. The fourth-order valence-electron chi connectivity index (χ4n) is 3.53. The summed E-state index contributed by atoms with van der Waals surface area (Å²) in [4.78, 5) is 5.13. The molecule has 0 unspecified atom stereocenters. The third-order valence-corrected chi connectivity index (χ3v) is 4.82. The second kappa shape index (κ2) is 5.61. The molecular weight excluding hydrogens is 234 g/mol. The van der Waals surface area contributed by atoms with Gasteiger partial charge in [-0.05, 0) is 56.1 Å². The van der Waals surface area contributed by atoms with Crippen LogP contribution in [-0.2, 0) is 19.5 Å². The van der Waals surface area contributed by atoms with Crippen molar-refractivity contribution in [3.63, 3.8) is 0 Å². The van der Waals surface area contributed by atoms with Crippen molar-refractivity contribution < 1.29 is 0 Å². The van der Waals surface area contributed by atoms with Gasteiger partial charge in [-0.25, -0.2) is 0 Å². The quantitative estimate of drug-likeness (QED) is 0.875. The second-order valence-corrected chi connectivity index (χ2v) is 6.01. The Bertz CT molecular complexity index is 421. The Hall–Kier alpha value is -0.900. The topological polar surface area (TPSA) is 32.5 Å². The molecule has 1 saturated heterocycles. The molecule has 1 aromatic rings. The van der Waals surface area contributed by atoms with Crippen LogP contribution in [0.4, 0.5) is 0 Å². The van der Waals surface area contributed by atoms with Crippen LogP contribution in [0.2, 0.25) is 0 Å². The monoisotopic (exact) mass is 259 g/mol. The maximum atomic E-state index is 5.89. The Kier molecular flexibility index (Phi) is 3.87. The largest absolute Gasteiger partial charge is 0.326 e.